The highest BCUT2D eigenvalue weighted by Crippen LogP contribution is 2.58. The first-order valence-corrected chi connectivity index (χ1v) is 22.7. The first kappa shape index (κ1) is 37.9. The van der Waals surface area contributed by atoms with E-state index in [2.05, 4.69) is 220 Å². The van der Waals surface area contributed by atoms with E-state index in [-0.39, 0.29) is 0 Å². The molecule has 2 aromatic heterocycles. The van der Waals surface area contributed by atoms with Crippen LogP contribution in [0, 0.1) is 13.8 Å². The van der Waals surface area contributed by atoms with Gasteiger partial charge >= 0.3 is 0 Å². The van der Waals surface area contributed by atoms with Crippen LogP contribution in [0.4, 0.5) is 0 Å². The minimum Gasteiger partial charge on any atom is -0.208 e. The van der Waals surface area contributed by atoms with E-state index < -0.39 is 5.41 Å². The highest BCUT2D eigenvalue weighted by atomic mass is 32.1. The Bertz CT molecular complexity index is 3490. The molecule has 0 fully saturated rings. The molecule has 0 amide bonds. The molecule has 0 spiro atoms. The van der Waals surface area contributed by atoms with Crippen LogP contribution >= 0.6 is 11.3 Å². The van der Waals surface area contributed by atoms with Crippen molar-refractivity contribution in [1.29, 1.82) is 0 Å². The fourth-order valence-corrected chi connectivity index (χ4v) is 11.1. The van der Waals surface area contributed by atoms with Gasteiger partial charge in [0, 0.05) is 36.9 Å². The van der Waals surface area contributed by atoms with Crippen molar-refractivity contribution < 1.29 is 0 Å². The van der Waals surface area contributed by atoms with Crippen LogP contribution in [0.2, 0.25) is 0 Å². The van der Waals surface area contributed by atoms with Crippen LogP contribution in [-0.4, -0.2) is 15.0 Å². The molecule has 2 heterocycles. The van der Waals surface area contributed by atoms with Crippen molar-refractivity contribution in [2.45, 2.75) is 19.3 Å². The maximum Gasteiger partial charge on any atom is 0.164 e. The van der Waals surface area contributed by atoms with E-state index in [1.807, 2.05) is 17.4 Å². The van der Waals surface area contributed by atoms with Gasteiger partial charge in [0.05, 0.1) is 5.41 Å². The Morgan fingerprint density at radius 3 is 1.52 bits per heavy atom. The van der Waals surface area contributed by atoms with Crippen molar-refractivity contribution in [3.8, 4) is 67.5 Å². The molecule has 64 heavy (non-hydrogen) atoms. The van der Waals surface area contributed by atoms with E-state index in [9.17, 15) is 0 Å². The number of rotatable bonds is 7. The van der Waals surface area contributed by atoms with Gasteiger partial charge in [-0.15, -0.1) is 11.3 Å². The van der Waals surface area contributed by atoms with Crippen LogP contribution < -0.4 is 0 Å². The van der Waals surface area contributed by atoms with Crippen LogP contribution in [-0.2, 0) is 5.41 Å². The number of aryl methyl sites for hydroxylation is 2. The molecule has 0 bridgehead atoms. The van der Waals surface area contributed by atoms with Crippen LogP contribution in [0.5, 0.6) is 0 Å². The maximum absolute atomic E-state index is 5.39. The molecule has 0 radical (unpaired) electrons. The van der Waals surface area contributed by atoms with Crippen molar-refractivity contribution in [1.82, 2.24) is 15.0 Å². The summed E-state index contributed by atoms with van der Waals surface area (Å²) >= 11 is 1.85. The average molecular weight is 836 g/mol. The smallest absolute Gasteiger partial charge is 0.164 e. The third kappa shape index (κ3) is 6.13. The molecule has 9 aromatic carbocycles. The quantitative estimate of drug-likeness (QED) is 0.161. The first-order valence-electron chi connectivity index (χ1n) is 21.8. The molecule has 1 aliphatic rings. The number of hydrogen-bond acceptors (Lipinski definition) is 4. The lowest BCUT2D eigenvalue weighted by atomic mass is 9.67. The second kappa shape index (κ2) is 15.2. The lowest BCUT2D eigenvalue weighted by Crippen LogP contribution is -2.28. The van der Waals surface area contributed by atoms with Gasteiger partial charge in [-0.3, -0.25) is 0 Å². The van der Waals surface area contributed by atoms with Crippen molar-refractivity contribution in [3.05, 3.63) is 246 Å². The van der Waals surface area contributed by atoms with E-state index in [0.29, 0.717) is 17.5 Å². The van der Waals surface area contributed by atoms with Gasteiger partial charge in [0.15, 0.2) is 17.5 Å². The second-order valence-corrected chi connectivity index (χ2v) is 17.9. The largest absolute Gasteiger partial charge is 0.208 e. The minimum atomic E-state index is -0.553. The van der Waals surface area contributed by atoms with E-state index in [1.54, 1.807) is 0 Å². The number of hydrogen-bond donors (Lipinski definition) is 0. The molecule has 0 saturated heterocycles. The Morgan fingerprint density at radius 2 is 0.828 bits per heavy atom. The zero-order chi connectivity index (χ0) is 42.8. The van der Waals surface area contributed by atoms with Crippen molar-refractivity contribution >= 4 is 31.5 Å². The van der Waals surface area contributed by atoms with Crippen molar-refractivity contribution in [3.63, 3.8) is 0 Å². The molecule has 12 rings (SSSR count). The first-order chi connectivity index (χ1) is 31.5. The Morgan fingerprint density at radius 1 is 0.344 bits per heavy atom. The number of nitrogens with zero attached hydrogens (tertiary/aromatic N) is 3. The lowest BCUT2D eigenvalue weighted by molar-refractivity contribution is 0.767. The SMILES string of the molecule is Cc1ccc(C2(c3ccc(C)cc3)c3ccccc3-c3c(-c4nc(-c5ccc(-c6ccccc6)cc5)nc(-c5ccc(-c6cccc7c6sc6ccccc67)cc5)n4)cccc32)cc1. The zero-order valence-electron chi connectivity index (χ0n) is 35.5. The van der Waals surface area contributed by atoms with E-state index in [0.717, 1.165) is 33.4 Å². The summed E-state index contributed by atoms with van der Waals surface area (Å²) < 4.78 is 2.60. The summed E-state index contributed by atoms with van der Waals surface area (Å²) in [6, 6.07) is 76.8. The van der Waals surface area contributed by atoms with Gasteiger partial charge in [-0.1, -0.05) is 217 Å². The van der Waals surface area contributed by atoms with Gasteiger partial charge in [-0.05, 0) is 75.5 Å². The molecular weight excluding hydrogens is 795 g/mol. The zero-order valence-corrected chi connectivity index (χ0v) is 36.3. The minimum absolute atomic E-state index is 0.553. The van der Waals surface area contributed by atoms with Crippen LogP contribution in [0.15, 0.2) is 212 Å². The summed E-state index contributed by atoms with van der Waals surface area (Å²) in [5.74, 6) is 1.90. The third-order valence-corrected chi connectivity index (χ3v) is 14.2. The van der Waals surface area contributed by atoms with Crippen molar-refractivity contribution in [2.24, 2.45) is 0 Å². The molecule has 11 aromatic rings. The lowest BCUT2D eigenvalue weighted by Gasteiger charge is -2.34. The molecular formula is C60H41N3S. The molecule has 302 valence electrons. The summed E-state index contributed by atoms with van der Waals surface area (Å²) in [5.41, 5.74) is 16.7. The van der Waals surface area contributed by atoms with Gasteiger partial charge in [-0.25, -0.2) is 15.0 Å². The predicted molar refractivity (Wildman–Crippen MR) is 267 cm³/mol. The summed E-state index contributed by atoms with van der Waals surface area (Å²) in [5, 5.41) is 2.59. The van der Waals surface area contributed by atoms with E-state index in [4.69, 9.17) is 15.0 Å². The third-order valence-electron chi connectivity index (χ3n) is 13.0. The number of fused-ring (bicyclic) bond motifs is 6. The molecule has 0 saturated carbocycles. The second-order valence-electron chi connectivity index (χ2n) is 16.9. The van der Waals surface area contributed by atoms with Gasteiger partial charge in [-0.2, -0.15) is 0 Å². The van der Waals surface area contributed by atoms with Gasteiger partial charge < -0.3 is 0 Å². The standard InChI is InChI=1S/C60H41N3S/c1-38-22-34-45(35-23-38)60(46-36-24-39(2)25-37-46)52-19-8-6-15-50(52)55-51(18-11-20-53(55)60)59-62-57(43-30-26-41(27-31-43)40-12-4-3-5-13-40)61-58(63-59)44-32-28-42(29-33-44)47-16-10-17-49-48-14-7-9-21-54(48)64-56(47)49/h3-37H,1-2H3. The molecule has 0 aliphatic heterocycles. The predicted octanol–water partition coefficient (Wildman–Crippen LogP) is 15.6. The summed E-state index contributed by atoms with van der Waals surface area (Å²) in [4.78, 5) is 16.0. The summed E-state index contributed by atoms with van der Waals surface area (Å²) in [7, 11) is 0. The van der Waals surface area contributed by atoms with Gasteiger partial charge in [0.25, 0.3) is 0 Å². The number of benzene rings is 9. The number of aromatic nitrogens is 3. The van der Waals surface area contributed by atoms with Crippen LogP contribution in [0.3, 0.4) is 0 Å². The Hall–Kier alpha value is -7.79. The van der Waals surface area contributed by atoms with Crippen LogP contribution in [0.1, 0.15) is 33.4 Å². The monoisotopic (exact) mass is 835 g/mol. The topological polar surface area (TPSA) is 38.7 Å². The summed E-state index contributed by atoms with van der Waals surface area (Å²) in [6.07, 6.45) is 0. The Kier molecular flexibility index (Phi) is 9.03. The fourth-order valence-electron chi connectivity index (χ4n) is 9.88. The highest BCUT2D eigenvalue weighted by Gasteiger charge is 2.47. The fraction of sp³-hybridized carbons (Fsp3) is 0.0500. The summed E-state index contributed by atoms with van der Waals surface area (Å²) in [6.45, 7) is 4.31. The van der Waals surface area contributed by atoms with E-state index in [1.165, 1.54) is 70.2 Å². The molecule has 4 heteroatoms. The highest BCUT2D eigenvalue weighted by molar-refractivity contribution is 7.26. The van der Waals surface area contributed by atoms with E-state index >= 15 is 0 Å². The molecule has 0 N–H and O–H groups in total. The Labute approximate surface area is 377 Å². The molecule has 3 nitrogen and oxygen atoms in total. The molecule has 1 aliphatic carbocycles. The average Bonchev–Trinajstić information content (AvgIpc) is 3.89. The van der Waals surface area contributed by atoms with Crippen LogP contribution in [0.25, 0.3) is 87.7 Å². The van der Waals surface area contributed by atoms with Gasteiger partial charge in [0.2, 0.25) is 0 Å². The number of thiophene rings is 1. The normalized spacial score (nSPS) is 12.7. The molecule has 0 atom stereocenters. The maximum atomic E-state index is 5.39. The van der Waals surface area contributed by atoms with Crippen molar-refractivity contribution in [2.75, 3.05) is 0 Å². The molecule has 0 unspecified atom stereocenters. The van der Waals surface area contributed by atoms with Gasteiger partial charge in [0.1, 0.15) is 0 Å². The Balaban J connectivity index is 1.05.